The molecule has 6 aromatic carbocycles. The Labute approximate surface area is 264 Å². The van der Waals surface area contributed by atoms with Gasteiger partial charge >= 0.3 is 0 Å². The van der Waals surface area contributed by atoms with E-state index in [1.165, 1.54) is 44.5 Å². The van der Waals surface area contributed by atoms with E-state index < -0.39 is 0 Å². The minimum absolute atomic E-state index is 0.0399. The Morgan fingerprint density at radius 1 is 0.378 bits per heavy atom. The molecule has 0 amide bonds. The second kappa shape index (κ2) is 10.8. The highest BCUT2D eigenvalue weighted by Gasteiger charge is 2.36. The predicted octanol–water partition coefficient (Wildman–Crippen LogP) is 11.1. The summed E-state index contributed by atoms with van der Waals surface area (Å²) < 4.78 is 0. The van der Waals surface area contributed by atoms with Crippen molar-refractivity contribution in [1.82, 2.24) is 9.97 Å². The topological polar surface area (TPSA) is 25.8 Å². The van der Waals surface area contributed by atoms with E-state index in [1.54, 1.807) is 0 Å². The van der Waals surface area contributed by atoms with E-state index in [0.717, 1.165) is 33.9 Å². The molecule has 8 rings (SSSR count). The SMILES string of the molecule is CC1(C)c2ccccc2-c2c(-c3cccc(-c4cc(-c5ccc(-c6ccccc6)cc5)nc(-c5ccccc5)n4)c3)cccc21. The van der Waals surface area contributed by atoms with E-state index in [2.05, 4.69) is 147 Å². The van der Waals surface area contributed by atoms with Gasteiger partial charge in [0.05, 0.1) is 11.4 Å². The fourth-order valence-corrected chi connectivity index (χ4v) is 6.76. The molecule has 1 heterocycles. The summed E-state index contributed by atoms with van der Waals surface area (Å²) in [6.07, 6.45) is 0. The van der Waals surface area contributed by atoms with Gasteiger partial charge in [0.25, 0.3) is 0 Å². The van der Waals surface area contributed by atoms with E-state index in [9.17, 15) is 0 Å². The van der Waals surface area contributed by atoms with Crippen LogP contribution in [0.4, 0.5) is 0 Å². The maximum Gasteiger partial charge on any atom is 0.160 e. The van der Waals surface area contributed by atoms with Crippen LogP contribution >= 0.6 is 0 Å². The van der Waals surface area contributed by atoms with Crippen molar-refractivity contribution in [2.45, 2.75) is 19.3 Å². The Bertz CT molecular complexity index is 2160. The summed E-state index contributed by atoms with van der Waals surface area (Å²) in [7, 11) is 0. The lowest BCUT2D eigenvalue weighted by molar-refractivity contribution is 0.660. The van der Waals surface area contributed by atoms with Crippen LogP contribution in [0.5, 0.6) is 0 Å². The van der Waals surface area contributed by atoms with Gasteiger partial charge in [0.15, 0.2) is 5.82 Å². The summed E-state index contributed by atoms with van der Waals surface area (Å²) in [5.41, 5.74) is 15.1. The highest BCUT2D eigenvalue weighted by atomic mass is 14.9. The molecule has 214 valence electrons. The lowest BCUT2D eigenvalue weighted by Crippen LogP contribution is -2.14. The monoisotopic (exact) mass is 576 g/mol. The third kappa shape index (κ3) is 4.76. The van der Waals surface area contributed by atoms with Gasteiger partial charge in [0.1, 0.15) is 0 Å². The number of rotatable bonds is 5. The first-order valence-electron chi connectivity index (χ1n) is 15.5. The maximum atomic E-state index is 5.12. The van der Waals surface area contributed by atoms with Crippen molar-refractivity contribution in [1.29, 1.82) is 0 Å². The molecule has 2 nitrogen and oxygen atoms in total. The molecule has 0 N–H and O–H groups in total. The zero-order valence-electron chi connectivity index (χ0n) is 25.4. The summed E-state index contributed by atoms with van der Waals surface area (Å²) in [5.74, 6) is 0.719. The Kier molecular flexibility index (Phi) is 6.50. The second-order valence-electron chi connectivity index (χ2n) is 12.3. The molecule has 0 radical (unpaired) electrons. The number of hydrogen-bond acceptors (Lipinski definition) is 2. The van der Waals surface area contributed by atoms with Crippen LogP contribution in [-0.2, 0) is 5.41 Å². The minimum Gasteiger partial charge on any atom is -0.228 e. The van der Waals surface area contributed by atoms with Gasteiger partial charge in [-0.15, -0.1) is 0 Å². The number of aromatic nitrogens is 2. The molecule has 0 fully saturated rings. The Balaban J connectivity index is 1.25. The third-order valence-corrected chi connectivity index (χ3v) is 9.12. The smallest absolute Gasteiger partial charge is 0.160 e. The zero-order valence-corrected chi connectivity index (χ0v) is 25.4. The average Bonchev–Trinajstić information content (AvgIpc) is 3.35. The molecular formula is C43H32N2. The van der Waals surface area contributed by atoms with Crippen LogP contribution in [0.25, 0.3) is 67.3 Å². The first-order chi connectivity index (χ1) is 22.1. The molecule has 2 heteroatoms. The van der Waals surface area contributed by atoms with E-state index >= 15 is 0 Å². The molecule has 1 aromatic heterocycles. The maximum absolute atomic E-state index is 5.12. The lowest BCUT2D eigenvalue weighted by atomic mass is 9.82. The van der Waals surface area contributed by atoms with Crippen molar-refractivity contribution in [2.75, 3.05) is 0 Å². The molecule has 0 bridgehead atoms. The van der Waals surface area contributed by atoms with Crippen molar-refractivity contribution in [3.8, 4) is 67.3 Å². The van der Waals surface area contributed by atoms with Crippen LogP contribution in [0, 0.1) is 0 Å². The van der Waals surface area contributed by atoms with Crippen LogP contribution in [0.2, 0.25) is 0 Å². The lowest BCUT2D eigenvalue weighted by Gasteiger charge is -2.21. The van der Waals surface area contributed by atoms with Gasteiger partial charge in [-0.3, -0.25) is 0 Å². The van der Waals surface area contributed by atoms with Crippen LogP contribution in [-0.4, -0.2) is 9.97 Å². The second-order valence-corrected chi connectivity index (χ2v) is 12.3. The van der Waals surface area contributed by atoms with Crippen molar-refractivity contribution in [3.63, 3.8) is 0 Å². The van der Waals surface area contributed by atoms with Gasteiger partial charge in [-0.1, -0.05) is 159 Å². The van der Waals surface area contributed by atoms with E-state index in [4.69, 9.17) is 9.97 Å². The molecule has 0 unspecified atom stereocenters. The molecule has 0 saturated heterocycles. The number of benzene rings is 6. The standard InChI is InChI=1S/C43H32N2/c1-43(2)37-21-10-9-19-36(37)41-35(20-12-22-38(41)43)33-17-11-18-34(27-33)40-28-39(44-42(45-40)32-15-7-4-8-16-32)31-25-23-30(24-26-31)29-13-5-3-6-14-29/h3-28H,1-2H3. The molecule has 0 aliphatic heterocycles. The zero-order chi connectivity index (χ0) is 30.4. The minimum atomic E-state index is -0.0399. The Morgan fingerprint density at radius 3 is 1.64 bits per heavy atom. The first-order valence-corrected chi connectivity index (χ1v) is 15.5. The molecule has 0 atom stereocenters. The summed E-state index contributed by atoms with van der Waals surface area (Å²) in [4.78, 5) is 10.2. The van der Waals surface area contributed by atoms with Gasteiger partial charge < -0.3 is 0 Å². The van der Waals surface area contributed by atoms with Crippen LogP contribution in [0.3, 0.4) is 0 Å². The fraction of sp³-hybridized carbons (Fsp3) is 0.0698. The molecule has 0 spiro atoms. The molecule has 1 aliphatic carbocycles. The molecule has 7 aromatic rings. The molecule has 1 aliphatic rings. The molecule has 45 heavy (non-hydrogen) atoms. The third-order valence-electron chi connectivity index (χ3n) is 9.12. The van der Waals surface area contributed by atoms with Crippen molar-refractivity contribution < 1.29 is 0 Å². The Morgan fingerprint density at radius 2 is 0.889 bits per heavy atom. The summed E-state index contributed by atoms with van der Waals surface area (Å²) in [5, 5.41) is 0. The number of hydrogen-bond donors (Lipinski definition) is 0. The normalized spacial score (nSPS) is 12.8. The molecule has 0 saturated carbocycles. The van der Waals surface area contributed by atoms with Crippen LogP contribution in [0.15, 0.2) is 158 Å². The number of fused-ring (bicyclic) bond motifs is 3. The quantitative estimate of drug-likeness (QED) is 0.204. The van der Waals surface area contributed by atoms with Crippen LogP contribution < -0.4 is 0 Å². The van der Waals surface area contributed by atoms with Gasteiger partial charge in [-0.05, 0) is 56.6 Å². The predicted molar refractivity (Wildman–Crippen MR) is 187 cm³/mol. The van der Waals surface area contributed by atoms with Gasteiger partial charge in [0, 0.05) is 22.1 Å². The fourth-order valence-electron chi connectivity index (χ4n) is 6.76. The van der Waals surface area contributed by atoms with Crippen molar-refractivity contribution in [2.24, 2.45) is 0 Å². The van der Waals surface area contributed by atoms with E-state index in [-0.39, 0.29) is 5.41 Å². The van der Waals surface area contributed by atoms with Gasteiger partial charge in [0.2, 0.25) is 0 Å². The van der Waals surface area contributed by atoms with Crippen LogP contribution in [0.1, 0.15) is 25.0 Å². The summed E-state index contributed by atoms with van der Waals surface area (Å²) >= 11 is 0. The van der Waals surface area contributed by atoms with Gasteiger partial charge in [-0.25, -0.2) is 9.97 Å². The molecular weight excluding hydrogens is 544 g/mol. The largest absolute Gasteiger partial charge is 0.228 e. The average molecular weight is 577 g/mol. The first kappa shape index (κ1) is 27.0. The van der Waals surface area contributed by atoms with Gasteiger partial charge in [-0.2, -0.15) is 0 Å². The Hall–Kier alpha value is -5.60. The van der Waals surface area contributed by atoms with Crippen molar-refractivity contribution in [3.05, 3.63) is 169 Å². The highest BCUT2D eigenvalue weighted by molar-refractivity contribution is 5.93. The summed E-state index contributed by atoms with van der Waals surface area (Å²) in [6, 6.07) is 55.9. The van der Waals surface area contributed by atoms with E-state index in [1.807, 2.05) is 24.3 Å². The number of nitrogens with zero attached hydrogens (tertiary/aromatic N) is 2. The van der Waals surface area contributed by atoms with E-state index in [0.29, 0.717) is 0 Å². The summed E-state index contributed by atoms with van der Waals surface area (Å²) in [6.45, 7) is 4.66. The highest BCUT2D eigenvalue weighted by Crippen LogP contribution is 2.52. The van der Waals surface area contributed by atoms with Crippen molar-refractivity contribution >= 4 is 0 Å².